The number of nitrogens with zero attached hydrogens (tertiary/aromatic N) is 4. The van der Waals surface area contributed by atoms with Crippen molar-refractivity contribution in [1.29, 1.82) is 0 Å². The summed E-state index contributed by atoms with van der Waals surface area (Å²) < 4.78 is 1.97. The molecule has 0 saturated carbocycles. The number of aromatic nitrogens is 3. The monoisotopic (exact) mass is 485 g/mol. The molecular formula is C24H25Cl2N5O2. The van der Waals surface area contributed by atoms with Gasteiger partial charge in [-0.3, -0.25) is 19.9 Å². The minimum Gasteiger partial charge on any atom is -0.337 e. The Morgan fingerprint density at radius 3 is 2.91 bits per heavy atom. The molecule has 33 heavy (non-hydrogen) atoms. The normalized spacial score (nSPS) is 16.8. The van der Waals surface area contributed by atoms with Crippen LogP contribution in [0.1, 0.15) is 41.4 Å². The number of fused-ring (bicyclic) bond motifs is 1. The van der Waals surface area contributed by atoms with E-state index < -0.39 is 0 Å². The largest absolute Gasteiger partial charge is 0.337 e. The van der Waals surface area contributed by atoms with E-state index in [4.69, 9.17) is 23.2 Å². The number of rotatable bonds is 5. The fourth-order valence-corrected chi connectivity index (χ4v) is 4.54. The number of likely N-dealkylation sites (tertiary alicyclic amines) is 1. The van der Waals surface area contributed by atoms with Crippen molar-refractivity contribution in [3.05, 3.63) is 65.0 Å². The van der Waals surface area contributed by atoms with Crippen LogP contribution < -0.4 is 5.32 Å². The lowest BCUT2D eigenvalue weighted by Gasteiger charge is -2.26. The highest BCUT2D eigenvalue weighted by atomic mass is 35.5. The number of carbonyl (C=O) groups is 2. The van der Waals surface area contributed by atoms with Gasteiger partial charge in [-0.1, -0.05) is 23.7 Å². The van der Waals surface area contributed by atoms with Gasteiger partial charge in [0.15, 0.2) is 0 Å². The molecule has 0 bridgehead atoms. The van der Waals surface area contributed by atoms with Crippen molar-refractivity contribution in [2.45, 2.75) is 32.2 Å². The van der Waals surface area contributed by atoms with E-state index in [0.717, 1.165) is 30.5 Å². The van der Waals surface area contributed by atoms with Crippen LogP contribution in [0.15, 0.2) is 48.7 Å². The molecule has 0 aliphatic carbocycles. The molecule has 7 nitrogen and oxygen atoms in total. The van der Waals surface area contributed by atoms with Crippen molar-refractivity contribution >= 4 is 52.0 Å². The van der Waals surface area contributed by atoms with Crippen LogP contribution in [-0.4, -0.2) is 50.2 Å². The minimum absolute atomic E-state index is 0.0732. The van der Waals surface area contributed by atoms with Gasteiger partial charge in [0, 0.05) is 42.5 Å². The number of benzene rings is 1. The number of hydrogen-bond acceptors (Lipinski definition) is 4. The summed E-state index contributed by atoms with van der Waals surface area (Å²) in [7, 11) is 0. The number of amides is 2. The first kappa shape index (κ1) is 23.3. The number of allylic oxidation sites excluding steroid dienone is 1. The summed E-state index contributed by atoms with van der Waals surface area (Å²) in [4.78, 5) is 36.4. The molecule has 1 aliphatic heterocycles. The minimum atomic E-state index is -0.278. The third-order valence-corrected chi connectivity index (χ3v) is 6.20. The van der Waals surface area contributed by atoms with Crippen LogP contribution in [0.4, 0.5) is 5.95 Å². The van der Waals surface area contributed by atoms with Crippen molar-refractivity contribution < 1.29 is 9.59 Å². The average Bonchev–Trinajstić information content (AvgIpc) is 2.99. The van der Waals surface area contributed by atoms with E-state index in [2.05, 4.69) is 15.3 Å². The summed E-state index contributed by atoms with van der Waals surface area (Å²) in [6, 6.07) is 8.80. The number of pyridine rings is 1. The number of carbonyl (C=O) groups excluding carboxylic acids is 2. The first-order chi connectivity index (χ1) is 16.0. The predicted octanol–water partition coefficient (Wildman–Crippen LogP) is 4.99. The summed E-state index contributed by atoms with van der Waals surface area (Å²) in [6.07, 6.45) is 7.44. The fraction of sp³-hybridized carbons (Fsp3) is 0.333. The molecule has 9 heteroatoms. The number of hydrogen-bond donors (Lipinski definition) is 1. The summed E-state index contributed by atoms with van der Waals surface area (Å²) in [5, 5.41) is 3.50. The fourth-order valence-electron chi connectivity index (χ4n) is 4.19. The van der Waals surface area contributed by atoms with Crippen LogP contribution in [0.2, 0.25) is 5.02 Å². The van der Waals surface area contributed by atoms with Gasteiger partial charge in [0.25, 0.3) is 5.91 Å². The Kier molecular flexibility index (Phi) is 7.30. The van der Waals surface area contributed by atoms with Gasteiger partial charge in [-0.25, -0.2) is 4.98 Å². The van der Waals surface area contributed by atoms with E-state index in [1.165, 1.54) is 6.08 Å². The molecule has 1 aromatic carbocycles. The first-order valence-corrected chi connectivity index (χ1v) is 11.8. The summed E-state index contributed by atoms with van der Waals surface area (Å²) in [5.74, 6) is 0.346. The molecule has 1 fully saturated rings. The van der Waals surface area contributed by atoms with E-state index in [9.17, 15) is 9.59 Å². The molecule has 3 heterocycles. The maximum atomic E-state index is 13.0. The molecule has 1 saturated heterocycles. The molecular weight excluding hydrogens is 461 g/mol. The van der Waals surface area contributed by atoms with Crippen LogP contribution in [-0.2, 0) is 4.79 Å². The third-order valence-electron chi connectivity index (χ3n) is 5.72. The molecule has 4 rings (SSSR count). The molecule has 1 atom stereocenters. The average molecular weight is 486 g/mol. The molecule has 0 spiro atoms. The highest BCUT2D eigenvalue weighted by Gasteiger charge is 2.27. The summed E-state index contributed by atoms with van der Waals surface area (Å²) in [6.45, 7) is 2.99. The molecule has 0 radical (unpaired) electrons. The predicted molar refractivity (Wildman–Crippen MR) is 131 cm³/mol. The number of imidazole rings is 1. The Morgan fingerprint density at radius 1 is 1.27 bits per heavy atom. The van der Waals surface area contributed by atoms with E-state index in [1.54, 1.807) is 24.4 Å². The maximum absolute atomic E-state index is 13.0. The number of nitrogens with one attached hydrogen (secondary N) is 1. The summed E-state index contributed by atoms with van der Waals surface area (Å²) >= 11 is 12.3. The number of para-hydroxylation sites is 1. The van der Waals surface area contributed by atoms with Crippen LogP contribution in [0.25, 0.3) is 11.0 Å². The second kappa shape index (κ2) is 10.4. The van der Waals surface area contributed by atoms with Crippen molar-refractivity contribution in [2.24, 2.45) is 0 Å². The van der Waals surface area contributed by atoms with E-state index in [-0.39, 0.29) is 23.7 Å². The standard InChI is InChI=1S/C24H25Cl2N5O2/c1-16-14-17(10-12-27-16)23(33)29-24-28-20-8-4-7-19(26)22(20)31(24)18-6-2-3-13-30(15-18)21(32)9-5-11-25/h4-5,7-10,12,14,18H,2-3,6,11,13,15H2,1H3,(H,28,29,33)/b9-5+. The second-order valence-corrected chi connectivity index (χ2v) is 8.76. The van der Waals surface area contributed by atoms with Crippen LogP contribution in [0.5, 0.6) is 0 Å². The Hall–Kier alpha value is -2.90. The molecule has 3 aromatic rings. The zero-order chi connectivity index (χ0) is 23.4. The molecule has 2 aromatic heterocycles. The molecule has 2 amide bonds. The number of anilines is 1. The van der Waals surface area contributed by atoms with Gasteiger partial charge in [-0.2, -0.15) is 0 Å². The van der Waals surface area contributed by atoms with E-state index in [1.807, 2.05) is 34.6 Å². The first-order valence-electron chi connectivity index (χ1n) is 10.9. The third kappa shape index (κ3) is 5.20. The van der Waals surface area contributed by atoms with Crippen LogP contribution in [0, 0.1) is 6.92 Å². The molecule has 1 N–H and O–H groups in total. The number of alkyl halides is 1. The lowest BCUT2D eigenvalue weighted by Crippen LogP contribution is -2.34. The van der Waals surface area contributed by atoms with Crippen molar-refractivity contribution in [1.82, 2.24) is 19.4 Å². The highest BCUT2D eigenvalue weighted by molar-refractivity contribution is 6.35. The van der Waals surface area contributed by atoms with Gasteiger partial charge in [0.05, 0.1) is 22.1 Å². The van der Waals surface area contributed by atoms with E-state index in [0.29, 0.717) is 35.1 Å². The summed E-state index contributed by atoms with van der Waals surface area (Å²) in [5.41, 5.74) is 2.68. The lowest BCUT2D eigenvalue weighted by molar-refractivity contribution is -0.126. The smallest absolute Gasteiger partial charge is 0.258 e. The van der Waals surface area contributed by atoms with Gasteiger partial charge in [0.1, 0.15) is 0 Å². The van der Waals surface area contributed by atoms with Crippen molar-refractivity contribution in [3.63, 3.8) is 0 Å². The quantitative estimate of drug-likeness (QED) is 0.407. The van der Waals surface area contributed by atoms with Gasteiger partial charge in [-0.05, 0) is 50.5 Å². The Balaban J connectivity index is 1.73. The Bertz CT molecular complexity index is 1210. The zero-order valence-electron chi connectivity index (χ0n) is 18.3. The van der Waals surface area contributed by atoms with E-state index >= 15 is 0 Å². The Morgan fingerprint density at radius 2 is 2.12 bits per heavy atom. The van der Waals surface area contributed by atoms with Gasteiger partial charge in [0.2, 0.25) is 11.9 Å². The van der Waals surface area contributed by atoms with Crippen LogP contribution in [0.3, 0.4) is 0 Å². The molecule has 1 aliphatic rings. The zero-order valence-corrected chi connectivity index (χ0v) is 19.8. The van der Waals surface area contributed by atoms with Crippen molar-refractivity contribution in [2.75, 3.05) is 24.3 Å². The van der Waals surface area contributed by atoms with Gasteiger partial charge < -0.3 is 9.47 Å². The van der Waals surface area contributed by atoms with Gasteiger partial charge >= 0.3 is 0 Å². The maximum Gasteiger partial charge on any atom is 0.258 e. The Labute approximate surface area is 202 Å². The number of halogens is 2. The molecule has 1 unspecified atom stereocenters. The second-order valence-electron chi connectivity index (χ2n) is 8.04. The lowest BCUT2D eigenvalue weighted by atomic mass is 10.1. The van der Waals surface area contributed by atoms with Crippen LogP contribution >= 0.6 is 23.2 Å². The van der Waals surface area contributed by atoms with Crippen molar-refractivity contribution in [3.8, 4) is 0 Å². The molecule has 172 valence electrons. The topological polar surface area (TPSA) is 80.1 Å². The van der Waals surface area contributed by atoms with Gasteiger partial charge in [-0.15, -0.1) is 11.6 Å². The number of aryl methyl sites for hydroxylation is 1. The highest BCUT2D eigenvalue weighted by Crippen LogP contribution is 2.34. The SMILES string of the molecule is Cc1cc(C(=O)Nc2nc3cccc(Cl)c3n2C2CCCCN(C(=O)/C=C/CCl)C2)ccn1.